The van der Waals surface area contributed by atoms with Crippen LogP contribution in [0.15, 0.2) is 45.6 Å². The van der Waals surface area contributed by atoms with Crippen molar-refractivity contribution in [1.82, 2.24) is 15.5 Å². The highest BCUT2D eigenvalue weighted by atomic mass is 16.3. The van der Waals surface area contributed by atoms with Gasteiger partial charge in [-0.3, -0.25) is 14.5 Å². The zero-order valence-electron chi connectivity index (χ0n) is 12.9. The molecule has 8 heteroatoms. The molecule has 0 aliphatic carbocycles. The van der Waals surface area contributed by atoms with Crippen molar-refractivity contribution in [2.24, 2.45) is 0 Å². The molecule has 3 rings (SSSR count). The molecule has 0 bridgehead atoms. The minimum atomic E-state index is -0.851. The van der Waals surface area contributed by atoms with Crippen LogP contribution in [0.1, 0.15) is 17.9 Å². The van der Waals surface area contributed by atoms with Crippen molar-refractivity contribution in [3.63, 3.8) is 0 Å². The molecule has 1 aliphatic rings. The second-order valence-electron chi connectivity index (χ2n) is 5.39. The van der Waals surface area contributed by atoms with Crippen LogP contribution in [0.3, 0.4) is 0 Å². The maximum atomic E-state index is 12.2. The van der Waals surface area contributed by atoms with E-state index in [1.54, 1.807) is 24.5 Å². The number of hydrogen-bond acceptors (Lipinski definition) is 5. The van der Waals surface area contributed by atoms with Gasteiger partial charge in [-0.05, 0) is 24.3 Å². The number of imide groups is 1. The van der Waals surface area contributed by atoms with E-state index in [9.17, 15) is 14.4 Å². The molecule has 1 unspecified atom stereocenters. The second kappa shape index (κ2) is 7.03. The smallest absolute Gasteiger partial charge is 0.325 e. The molecule has 1 saturated heterocycles. The van der Waals surface area contributed by atoms with Crippen molar-refractivity contribution in [3.05, 3.63) is 48.3 Å². The van der Waals surface area contributed by atoms with Gasteiger partial charge in [-0.25, -0.2) is 4.79 Å². The summed E-state index contributed by atoms with van der Waals surface area (Å²) >= 11 is 0. The molecule has 3 heterocycles. The fraction of sp³-hybridized carbons (Fsp3) is 0.312. The van der Waals surface area contributed by atoms with Crippen LogP contribution < -0.4 is 10.6 Å². The predicted molar refractivity (Wildman–Crippen MR) is 81.6 cm³/mol. The highest BCUT2D eigenvalue weighted by molar-refractivity contribution is 6.05. The fourth-order valence-corrected chi connectivity index (χ4v) is 2.46. The van der Waals surface area contributed by atoms with E-state index < -0.39 is 18.0 Å². The lowest BCUT2D eigenvalue weighted by atomic mass is 10.2. The average Bonchev–Trinajstić information content (AvgIpc) is 3.28. The molecule has 0 saturated carbocycles. The van der Waals surface area contributed by atoms with Gasteiger partial charge in [-0.2, -0.15) is 0 Å². The summed E-state index contributed by atoms with van der Waals surface area (Å²) < 4.78 is 10.3. The number of nitrogens with zero attached hydrogens (tertiary/aromatic N) is 1. The van der Waals surface area contributed by atoms with Gasteiger partial charge in [-0.1, -0.05) is 0 Å². The first-order valence-corrected chi connectivity index (χ1v) is 7.57. The summed E-state index contributed by atoms with van der Waals surface area (Å²) in [6.45, 7) is 0.450. The van der Waals surface area contributed by atoms with Crippen LogP contribution in [0.5, 0.6) is 0 Å². The first-order valence-electron chi connectivity index (χ1n) is 7.57. The van der Waals surface area contributed by atoms with E-state index in [4.69, 9.17) is 8.83 Å². The van der Waals surface area contributed by atoms with E-state index in [-0.39, 0.29) is 18.9 Å². The third kappa shape index (κ3) is 3.65. The topological polar surface area (TPSA) is 105 Å². The molecule has 4 amide bonds. The molecular formula is C16H17N3O5. The van der Waals surface area contributed by atoms with Crippen LogP contribution in [0.25, 0.3) is 0 Å². The molecular weight excluding hydrogens is 314 g/mol. The van der Waals surface area contributed by atoms with Crippen LogP contribution >= 0.6 is 0 Å². The molecule has 8 nitrogen and oxygen atoms in total. The zero-order valence-corrected chi connectivity index (χ0v) is 12.9. The average molecular weight is 331 g/mol. The largest absolute Gasteiger partial charge is 0.469 e. The number of nitrogens with one attached hydrogen (secondary N) is 2. The molecule has 0 aromatic carbocycles. The lowest BCUT2D eigenvalue weighted by molar-refractivity contribution is -0.131. The van der Waals surface area contributed by atoms with Gasteiger partial charge in [0, 0.05) is 13.0 Å². The van der Waals surface area contributed by atoms with Gasteiger partial charge >= 0.3 is 6.03 Å². The summed E-state index contributed by atoms with van der Waals surface area (Å²) in [6, 6.07) is 5.57. The van der Waals surface area contributed by atoms with Gasteiger partial charge in [0.1, 0.15) is 17.6 Å². The maximum Gasteiger partial charge on any atom is 0.325 e. The van der Waals surface area contributed by atoms with Gasteiger partial charge < -0.3 is 19.5 Å². The summed E-state index contributed by atoms with van der Waals surface area (Å²) in [7, 11) is 0. The first-order chi connectivity index (χ1) is 11.6. The SMILES string of the molecule is O=C(CC1NC(=O)N(Cc2ccco2)C1=O)NCCc1ccco1. The molecule has 2 aromatic rings. The van der Waals surface area contributed by atoms with Crippen molar-refractivity contribution >= 4 is 17.8 Å². The first kappa shape index (κ1) is 15.9. The van der Waals surface area contributed by atoms with Gasteiger partial charge in [0.25, 0.3) is 5.91 Å². The number of urea groups is 1. The maximum absolute atomic E-state index is 12.2. The second-order valence-corrected chi connectivity index (χ2v) is 5.39. The van der Waals surface area contributed by atoms with E-state index >= 15 is 0 Å². The molecule has 24 heavy (non-hydrogen) atoms. The Balaban J connectivity index is 1.47. The van der Waals surface area contributed by atoms with Gasteiger partial charge in [-0.15, -0.1) is 0 Å². The summed E-state index contributed by atoms with van der Waals surface area (Å²) in [4.78, 5) is 37.1. The summed E-state index contributed by atoms with van der Waals surface area (Å²) in [5.41, 5.74) is 0. The molecule has 1 aliphatic heterocycles. The van der Waals surface area contributed by atoms with E-state index in [1.807, 2.05) is 6.07 Å². The minimum absolute atomic E-state index is 0.0499. The summed E-state index contributed by atoms with van der Waals surface area (Å²) in [5.74, 6) is 0.532. The van der Waals surface area contributed by atoms with Gasteiger partial charge in [0.2, 0.25) is 5.91 Å². The van der Waals surface area contributed by atoms with Crippen LogP contribution in [-0.4, -0.2) is 35.3 Å². The fourth-order valence-electron chi connectivity index (χ4n) is 2.46. The lowest BCUT2D eigenvalue weighted by Gasteiger charge is -2.11. The van der Waals surface area contributed by atoms with Crippen molar-refractivity contribution in [2.45, 2.75) is 25.4 Å². The Labute approximate surface area is 137 Å². The van der Waals surface area contributed by atoms with Crippen LogP contribution in [0.4, 0.5) is 4.79 Å². The molecule has 2 N–H and O–H groups in total. The Morgan fingerprint density at radius 2 is 1.88 bits per heavy atom. The van der Waals surface area contributed by atoms with Crippen LogP contribution in [0, 0.1) is 0 Å². The number of carbonyl (C=O) groups excluding carboxylic acids is 3. The Bertz CT molecular complexity index is 708. The van der Waals surface area contributed by atoms with Crippen LogP contribution in [0.2, 0.25) is 0 Å². The number of rotatable bonds is 7. The van der Waals surface area contributed by atoms with E-state index in [1.165, 1.54) is 6.26 Å². The quantitative estimate of drug-likeness (QED) is 0.738. The molecule has 2 aromatic heterocycles. The molecule has 1 atom stereocenters. The molecule has 0 spiro atoms. The van der Waals surface area contributed by atoms with Gasteiger partial charge in [0.05, 0.1) is 25.5 Å². The number of carbonyl (C=O) groups is 3. The van der Waals surface area contributed by atoms with Crippen molar-refractivity contribution < 1.29 is 23.2 Å². The Morgan fingerprint density at radius 3 is 2.54 bits per heavy atom. The highest BCUT2D eigenvalue weighted by Crippen LogP contribution is 2.14. The van der Waals surface area contributed by atoms with E-state index in [0.29, 0.717) is 18.7 Å². The monoisotopic (exact) mass is 331 g/mol. The molecule has 0 radical (unpaired) electrons. The molecule has 1 fully saturated rings. The highest BCUT2D eigenvalue weighted by Gasteiger charge is 2.39. The summed E-state index contributed by atoms with van der Waals surface area (Å²) in [6.07, 6.45) is 3.50. The Hall–Kier alpha value is -3.03. The summed E-state index contributed by atoms with van der Waals surface area (Å²) in [5, 5.41) is 5.22. The third-order valence-corrected chi connectivity index (χ3v) is 3.66. The standard InChI is InChI=1S/C16H17N3O5/c20-14(17-6-5-11-3-1-7-23-11)9-13-15(21)19(16(22)18-13)10-12-4-2-8-24-12/h1-4,7-8,13H,5-6,9-10H2,(H,17,20)(H,18,22). The Kier molecular flexibility index (Phi) is 4.64. The Morgan fingerprint density at radius 1 is 1.17 bits per heavy atom. The van der Waals surface area contributed by atoms with E-state index in [0.717, 1.165) is 10.7 Å². The number of furan rings is 2. The number of hydrogen-bond donors (Lipinski definition) is 2. The lowest BCUT2D eigenvalue weighted by Crippen LogP contribution is -2.37. The van der Waals surface area contributed by atoms with Crippen LogP contribution in [-0.2, 0) is 22.6 Å². The minimum Gasteiger partial charge on any atom is -0.469 e. The molecule has 126 valence electrons. The van der Waals surface area contributed by atoms with Crippen molar-refractivity contribution in [3.8, 4) is 0 Å². The predicted octanol–water partition coefficient (Wildman–Crippen LogP) is 1.04. The zero-order chi connectivity index (χ0) is 16.9. The third-order valence-electron chi connectivity index (χ3n) is 3.66. The van der Waals surface area contributed by atoms with Crippen molar-refractivity contribution in [2.75, 3.05) is 6.54 Å². The number of amides is 4. The van der Waals surface area contributed by atoms with E-state index in [2.05, 4.69) is 10.6 Å². The normalized spacial score (nSPS) is 17.2. The van der Waals surface area contributed by atoms with Crippen molar-refractivity contribution in [1.29, 1.82) is 0 Å². The van der Waals surface area contributed by atoms with Gasteiger partial charge in [0.15, 0.2) is 0 Å².